The first-order valence-electron chi connectivity index (χ1n) is 11.3. The van der Waals surface area contributed by atoms with Gasteiger partial charge in [0.05, 0.1) is 34.5 Å². The zero-order valence-electron chi connectivity index (χ0n) is 19.6. The first-order valence-corrected chi connectivity index (χ1v) is 12.1. The number of rotatable bonds is 5. The highest BCUT2D eigenvalue weighted by atomic mass is 32.1. The second-order valence-electron chi connectivity index (χ2n) is 8.24. The fourth-order valence-corrected chi connectivity index (χ4v) is 5.53. The molecule has 1 atom stereocenters. The standard InChI is InChI=1S/C27H21FN4O3S/c1-3-35-26(34)23-16(2)30-27-32(24(23)17-8-10-19(28)11-9-17)25(33)22(36-27)14-18-15-31(13-12-29)21-7-5-4-6-20(18)21/h4-11,14-15,24H,3,13H2,1-2H3/b22-14-/t24-/m1/s1. The van der Waals surface area contributed by atoms with Gasteiger partial charge in [-0.2, -0.15) is 5.26 Å². The van der Waals surface area contributed by atoms with Gasteiger partial charge in [-0.1, -0.05) is 41.7 Å². The Balaban J connectivity index is 1.74. The lowest BCUT2D eigenvalue weighted by Gasteiger charge is -2.24. The number of fused-ring (bicyclic) bond motifs is 2. The van der Waals surface area contributed by atoms with Gasteiger partial charge in [-0.25, -0.2) is 14.2 Å². The minimum absolute atomic E-state index is 0.170. The van der Waals surface area contributed by atoms with Crippen molar-refractivity contribution in [3.05, 3.63) is 103 Å². The molecule has 0 unspecified atom stereocenters. The van der Waals surface area contributed by atoms with Gasteiger partial charge in [0, 0.05) is 22.7 Å². The SMILES string of the molecule is CCOC(=O)C1=C(C)N=c2s/c(=C\c3cn(CC#N)c4ccccc34)c(=O)n2[C@@H]1c1ccc(F)cc1. The maximum Gasteiger partial charge on any atom is 0.338 e. The van der Waals surface area contributed by atoms with E-state index in [0.29, 0.717) is 20.6 Å². The predicted octanol–water partition coefficient (Wildman–Crippen LogP) is 3.42. The summed E-state index contributed by atoms with van der Waals surface area (Å²) in [6.45, 7) is 3.76. The molecule has 1 aliphatic heterocycles. The van der Waals surface area contributed by atoms with Crippen LogP contribution in [0, 0.1) is 17.1 Å². The fraction of sp³-hybridized carbons (Fsp3) is 0.185. The highest BCUT2D eigenvalue weighted by Crippen LogP contribution is 2.31. The smallest absolute Gasteiger partial charge is 0.338 e. The summed E-state index contributed by atoms with van der Waals surface area (Å²) in [6, 6.07) is 14.7. The lowest BCUT2D eigenvalue weighted by atomic mass is 9.96. The molecule has 7 nitrogen and oxygen atoms in total. The molecule has 0 aliphatic carbocycles. The Morgan fingerprint density at radius 3 is 2.72 bits per heavy atom. The van der Waals surface area contributed by atoms with Crippen LogP contribution in [-0.2, 0) is 16.1 Å². The molecule has 2 aromatic carbocycles. The highest BCUT2D eigenvalue weighted by Gasteiger charge is 2.33. The molecule has 180 valence electrons. The summed E-state index contributed by atoms with van der Waals surface area (Å²) < 4.78 is 22.7. The van der Waals surface area contributed by atoms with Crippen LogP contribution in [-0.4, -0.2) is 21.7 Å². The van der Waals surface area contributed by atoms with E-state index in [1.54, 1.807) is 32.1 Å². The second kappa shape index (κ2) is 9.40. The largest absolute Gasteiger partial charge is 0.463 e. The number of nitrogens with zero attached hydrogens (tertiary/aromatic N) is 4. The lowest BCUT2D eigenvalue weighted by Crippen LogP contribution is -2.39. The van der Waals surface area contributed by atoms with Gasteiger partial charge >= 0.3 is 5.97 Å². The van der Waals surface area contributed by atoms with E-state index in [9.17, 15) is 19.2 Å². The van der Waals surface area contributed by atoms with Crippen molar-refractivity contribution < 1.29 is 13.9 Å². The van der Waals surface area contributed by atoms with Crippen molar-refractivity contribution in [2.24, 2.45) is 4.99 Å². The average Bonchev–Trinajstić information content (AvgIpc) is 3.36. The summed E-state index contributed by atoms with van der Waals surface area (Å²) in [5.74, 6) is -0.986. The van der Waals surface area contributed by atoms with Crippen molar-refractivity contribution in [2.75, 3.05) is 6.61 Å². The van der Waals surface area contributed by atoms with E-state index in [1.807, 2.05) is 35.0 Å². The summed E-state index contributed by atoms with van der Waals surface area (Å²) in [6.07, 6.45) is 3.63. The van der Waals surface area contributed by atoms with E-state index in [2.05, 4.69) is 11.1 Å². The molecular weight excluding hydrogens is 479 g/mol. The normalized spacial score (nSPS) is 15.5. The average molecular weight is 501 g/mol. The molecule has 0 spiro atoms. The van der Waals surface area contributed by atoms with Crippen molar-refractivity contribution in [1.29, 1.82) is 5.26 Å². The van der Waals surface area contributed by atoms with Crippen LogP contribution >= 0.6 is 11.3 Å². The fourth-order valence-electron chi connectivity index (χ4n) is 4.49. The Hall–Kier alpha value is -4.29. The Bertz CT molecular complexity index is 1750. The molecule has 3 heterocycles. The van der Waals surface area contributed by atoms with Gasteiger partial charge < -0.3 is 9.30 Å². The van der Waals surface area contributed by atoms with Gasteiger partial charge in [-0.3, -0.25) is 9.36 Å². The van der Waals surface area contributed by atoms with Crippen LogP contribution in [0.1, 0.15) is 31.0 Å². The van der Waals surface area contributed by atoms with Crippen LogP contribution in [0.15, 0.2) is 75.8 Å². The maximum absolute atomic E-state index is 13.7. The molecule has 0 radical (unpaired) electrons. The Morgan fingerprint density at radius 1 is 1.25 bits per heavy atom. The van der Waals surface area contributed by atoms with Gasteiger partial charge in [0.2, 0.25) is 0 Å². The number of esters is 1. The van der Waals surface area contributed by atoms with Crippen LogP contribution in [0.2, 0.25) is 0 Å². The summed E-state index contributed by atoms with van der Waals surface area (Å²) in [7, 11) is 0. The highest BCUT2D eigenvalue weighted by molar-refractivity contribution is 7.07. The molecule has 0 saturated heterocycles. The molecular formula is C27H21FN4O3S. The van der Waals surface area contributed by atoms with Crippen molar-refractivity contribution in [3.8, 4) is 6.07 Å². The summed E-state index contributed by atoms with van der Waals surface area (Å²) in [5.41, 5.74) is 2.63. The number of benzene rings is 2. The number of aromatic nitrogens is 2. The topological polar surface area (TPSA) is 89.4 Å². The third-order valence-electron chi connectivity index (χ3n) is 6.05. The van der Waals surface area contributed by atoms with Crippen molar-refractivity contribution >= 4 is 34.3 Å². The van der Waals surface area contributed by atoms with Gasteiger partial charge in [0.25, 0.3) is 5.56 Å². The molecule has 0 bridgehead atoms. The van der Waals surface area contributed by atoms with Crippen molar-refractivity contribution in [1.82, 2.24) is 9.13 Å². The number of ether oxygens (including phenoxy) is 1. The molecule has 2 aromatic heterocycles. The maximum atomic E-state index is 13.7. The van der Waals surface area contributed by atoms with E-state index in [1.165, 1.54) is 28.0 Å². The Morgan fingerprint density at radius 2 is 2.00 bits per heavy atom. The Labute approximate surface area is 209 Å². The number of allylic oxidation sites excluding steroid dienone is 1. The third-order valence-corrected chi connectivity index (χ3v) is 7.03. The molecule has 0 saturated carbocycles. The number of para-hydroxylation sites is 1. The molecule has 0 N–H and O–H groups in total. The quantitative estimate of drug-likeness (QED) is 0.393. The van der Waals surface area contributed by atoms with E-state index >= 15 is 0 Å². The van der Waals surface area contributed by atoms with Crippen LogP contribution in [0.5, 0.6) is 0 Å². The minimum Gasteiger partial charge on any atom is -0.463 e. The lowest BCUT2D eigenvalue weighted by molar-refractivity contribution is -0.139. The van der Waals surface area contributed by atoms with Gasteiger partial charge in [0.1, 0.15) is 12.4 Å². The minimum atomic E-state index is -0.803. The molecule has 0 amide bonds. The zero-order valence-corrected chi connectivity index (χ0v) is 20.4. The third kappa shape index (κ3) is 3.95. The molecule has 9 heteroatoms. The first-order chi connectivity index (χ1) is 17.4. The van der Waals surface area contributed by atoms with Crippen LogP contribution in [0.4, 0.5) is 4.39 Å². The van der Waals surface area contributed by atoms with Crippen LogP contribution < -0.4 is 14.9 Å². The van der Waals surface area contributed by atoms with Gasteiger partial charge in [-0.05, 0) is 43.7 Å². The van der Waals surface area contributed by atoms with Crippen molar-refractivity contribution in [2.45, 2.75) is 26.4 Å². The number of hydrogen-bond acceptors (Lipinski definition) is 6. The summed E-state index contributed by atoms with van der Waals surface area (Å²) >= 11 is 1.21. The van der Waals surface area contributed by atoms with Gasteiger partial charge in [0.15, 0.2) is 4.80 Å². The molecule has 36 heavy (non-hydrogen) atoms. The van der Waals surface area contributed by atoms with E-state index < -0.39 is 17.8 Å². The van der Waals surface area contributed by atoms with Crippen LogP contribution in [0.25, 0.3) is 17.0 Å². The van der Waals surface area contributed by atoms with E-state index in [4.69, 9.17) is 4.74 Å². The molecule has 5 rings (SSSR count). The molecule has 4 aromatic rings. The summed E-state index contributed by atoms with van der Waals surface area (Å²) in [4.78, 5) is 31.7. The summed E-state index contributed by atoms with van der Waals surface area (Å²) in [5, 5.41) is 10.1. The van der Waals surface area contributed by atoms with E-state index in [-0.39, 0.29) is 24.3 Å². The number of carbonyl (C=O) groups excluding carboxylic acids is 1. The monoisotopic (exact) mass is 500 g/mol. The zero-order chi connectivity index (χ0) is 25.4. The number of thiazole rings is 1. The van der Waals surface area contributed by atoms with E-state index in [0.717, 1.165) is 16.5 Å². The predicted molar refractivity (Wildman–Crippen MR) is 134 cm³/mol. The number of hydrogen-bond donors (Lipinski definition) is 0. The molecule has 1 aliphatic rings. The number of carbonyl (C=O) groups is 1. The number of nitriles is 1. The second-order valence-corrected chi connectivity index (χ2v) is 9.25. The molecule has 0 fully saturated rings. The Kier molecular flexibility index (Phi) is 6.12. The number of halogens is 1. The van der Waals surface area contributed by atoms with Gasteiger partial charge in [-0.15, -0.1) is 0 Å². The van der Waals surface area contributed by atoms with Crippen molar-refractivity contribution in [3.63, 3.8) is 0 Å². The first kappa shape index (κ1) is 23.5. The van der Waals surface area contributed by atoms with Crippen LogP contribution in [0.3, 0.4) is 0 Å².